The molecule has 3 nitrogen and oxygen atoms in total. The lowest BCUT2D eigenvalue weighted by Gasteiger charge is -2.28. The van der Waals surface area contributed by atoms with Crippen molar-refractivity contribution in [3.63, 3.8) is 0 Å². The Labute approximate surface area is 88.6 Å². The molecule has 0 aromatic rings. The highest BCUT2D eigenvalue weighted by Gasteiger charge is 2.17. The maximum Gasteiger partial charge on any atom is 0.0478 e. The molecular weight excluding hydrogens is 176 g/mol. The molecule has 14 heavy (non-hydrogen) atoms. The standard InChI is InChI=1S/C11H26N2O/c1-5-14-8-6-7-13(4)10-11(2,3)9-12/h5-10,12H2,1-4H3. The smallest absolute Gasteiger partial charge is 0.0478 e. The summed E-state index contributed by atoms with van der Waals surface area (Å²) in [6, 6.07) is 0. The predicted octanol–water partition coefficient (Wildman–Crippen LogP) is 1.33. The number of hydrogen-bond donors (Lipinski definition) is 1. The van der Waals surface area contributed by atoms with Crippen molar-refractivity contribution in [3.05, 3.63) is 0 Å². The van der Waals surface area contributed by atoms with Gasteiger partial charge in [-0.25, -0.2) is 0 Å². The molecule has 0 heterocycles. The van der Waals surface area contributed by atoms with Crippen LogP contribution in [0.2, 0.25) is 0 Å². The minimum atomic E-state index is 0.223. The Morgan fingerprint density at radius 1 is 1.36 bits per heavy atom. The van der Waals surface area contributed by atoms with Gasteiger partial charge in [-0.15, -0.1) is 0 Å². The molecule has 0 spiro atoms. The molecule has 3 heteroatoms. The van der Waals surface area contributed by atoms with Crippen molar-refractivity contribution in [1.29, 1.82) is 0 Å². The molecule has 0 atom stereocenters. The Morgan fingerprint density at radius 2 is 2.00 bits per heavy atom. The fraction of sp³-hybridized carbons (Fsp3) is 1.00. The van der Waals surface area contributed by atoms with E-state index >= 15 is 0 Å². The van der Waals surface area contributed by atoms with Gasteiger partial charge in [-0.05, 0) is 32.4 Å². The van der Waals surface area contributed by atoms with E-state index in [0.717, 1.165) is 39.3 Å². The minimum Gasteiger partial charge on any atom is -0.382 e. The summed E-state index contributed by atoms with van der Waals surface area (Å²) in [6.07, 6.45) is 1.10. The third-order valence-corrected chi connectivity index (χ3v) is 2.28. The zero-order valence-corrected chi connectivity index (χ0v) is 10.2. The molecule has 0 aliphatic carbocycles. The van der Waals surface area contributed by atoms with E-state index in [4.69, 9.17) is 10.5 Å². The van der Waals surface area contributed by atoms with E-state index in [0.29, 0.717) is 0 Å². The molecule has 0 unspecified atom stereocenters. The number of nitrogens with two attached hydrogens (primary N) is 1. The van der Waals surface area contributed by atoms with Gasteiger partial charge >= 0.3 is 0 Å². The van der Waals surface area contributed by atoms with Gasteiger partial charge in [-0.1, -0.05) is 13.8 Å². The van der Waals surface area contributed by atoms with E-state index in [1.54, 1.807) is 0 Å². The van der Waals surface area contributed by atoms with E-state index in [-0.39, 0.29) is 5.41 Å². The summed E-state index contributed by atoms with van der Waals surface area (Å²) >= 11 is 0. The highest BCUT2D eigenvalue weighted by atomic mass is 16.5. The Morgan fingerprint density at radius 3 is 2.50 bits per heavy atom. The lowest BCUT2D eigenvalue weighted by molar-refractivity contribution is 0.128. The van der Waals surface area contributed by atoms with Gasteiger partial charge in [0.15, 0.2) is 0 Å². The van der Waals surface area contributed by atoms with Crippen LogP contribution in [-0.2, 0) is 4.74 Å². The Kier molecular flexibility index (Phi) is 7.15. The second kappa shape index (κ2) is 7.21. The predicted molar refractivity (Wildman–Crippen MR) is 61.4 cm³/mol. The zero-order valence-electron chi connectivity index (χ0n) is 10.2. The van der Waals surface area contributed by atoms with Gasteiger partial charge in [0.05, 0.1) is 0 Å². The summed E-state index contributed by atoms with van der Waals surface area (Å²) in [4.78, 5) is 2.33. The number of hydrogen-bond acceptors (Lipinski definition) is 3. The lowest BCUT2D eigenvalue weighted by Crippen LogP contribution is -2.37. The molecule has 0 aliphatic rings. The molecule has 0 aliphatic heterocycles. The number of ether oxygens (including phenoxy) is 1. The van der Waals surface area contributed by atoms with Gasteiger partial charge in [0, 0.05) is 26.3 Å². The normalized spacial score (nSPS) is 12.4. The van der Waals surface area contributed by atoms with Gasteiger partial charge in [-0.2, -0.15) is 0 Å². The first kappa shape index (κ1) is 13.9. The molecule has 0 amide bonds. The fourth-order valence-corrected chi connectivity index (χ4v) is 1.46. The van der Waals surface area contributed by atoms with E-state index in [9.17, 15) is 0 Å². The zero-order chi connectivity index (χ0) is 11.0. The Bertz CT molecular complexity index is 137. The molecule has 0 radical (unpaired) electrons. The fourth-order valence-electron chi connectivity index (χ4n) is 1.46. The second-order valence-corrected chi connectivity index (χ2v) is 4.66. The first-order valence-corrected chi connectivity index (χ1v) is 5.48. The van der Waals surface area contributed by atoms with Crippen LogP contribution >= 0.6 is 0 Å². The molecule has 0 fully saturated rings. The molecule has 0 saturated carbocycles. The largest absolute Gasteiger partial charge is 0.382 e. The highest BCUT2D eigenvalue weighted by molar-refractivity contribution is 4.72. The molecule has 0 rings (SSSR count). The van der Waals surface area contributed by atoms with Crippen LogP contribution in [0.1, 0.15) is 27.2 Å². The molecule has 0 saturated heterocycles. The summed E-state index contributed by atoms with van der Waals surface area (Å²) in [5, 5.41) is 0. The Balaban J connectivity index is 3.49. The number of rotatable bonds is 8. The average Bonchev–Trinajstić information content (AvgIpc) is 2.12. The SMILES string of the molecule is CCOCCCN(C)CC(C)(C)CN. The van der Waals surface area contributed by atoms with Crippen LogP contribution in [0.25, 0.3) is 0 Å². The van der Waals surface area contributed by atoms with Crippen molar-refractivity contribution in [2.24, 2.45) is 11.1 Å². The van der Waals surface area contributed by atoms with Crippen molar-refractivity contribution in [3.8, 4) is 0 Å². The molecular formula is C11H26N2O. The van der Waals surface area contributed by atoms with E-state index in [1.165, 1.54) is 0 Å². The van der Waals surface area contributed by atoms with E-state index in [2.05, 4.69) is 25.8 Å². The van der Waals surface area contributed by atoms with Crippen molar-refractivity contribution >= 4 is 0 Å². The van der Waals surface area contributed by atoms with Gasteiger partial charge in [-0.3, -0.25) is 0 Å². The van der Waals surface area contributed by atoms with Crippen LogP contribution in [0.5, 0.6) is 0 Å². The van der Waals surface area contributed by atoms with Gasteiger partial charge in [0.25, 0.3) is 0 Å². The van der Waals surface area contributed by atoms with Crippen molar-refractivity contribution in [2.75, 3.05) is 39.9 Å². The first-order valence-electron chi connectivity index (χ1n) is 5.48. The summed E-state index contributed by atoms with van der Waals surface area (Å²) < 4.78 is 5.29. The van der Waals surface area contributed by atoms with Gasteiger partial charge in [0.1, 0.15) is 0 Å². The lowest BCUT2D eigenvalue weighted by atomic mass is 9.93. The van der Waals surface area contributed by atoms with E-state index < -0.39 is 0 Å². The van der Waals surface area contributed by atoms with E-state index in [1.807, 2.05) is 6.92 Å². The van der Waals surface area contributed by atoms with Crippen LogP contribution in [0.3, 0.4) is 0 Å². The molecule has 0 bridgehead atoms. The third kappa shape index (κ3) is 7.30. The van der Waals surface area contributed by atoms with Crippen molar-refractivity contribution < 1.29 is 4.74 Å². The summed E-state index contributed by atoms with van der Waals surface area (Å²) in [7, 11) is 2.14. The van der Waals surface area contributed by atoms with Crippen molar-refractivity contribution in [2.45, 2.75) is 27.2 Å². The van der Waals surface area contributed by atoms with Crippen LogP contribution < -0.4 is 5.73 Å². The van der Waals surface area contributed by atoms with Crippen LogP contribution in [-0.4, -0.2) is 44.8 Å². The monoisotopic (exact) mass is 202 g/mol. The van der Waals surface area contributed by atoms with Gasteiger partial charge < -0.3 is 15.4 Å². The summed E-state index contributed by atoms with van der Waals surface area (Å²) in [6.45, 7) is 11.0. The minimum absolute atomic E-state index is 0.223. The molecule has 86 valence electrons. The maximum absolute atomic E-state index is 5.68. The van der Waals surface area contributed by atoms with Crippen molar-refractivity contribution in [1.82, 2.24) is 4.90 Å². The van der Waals surface area contributed by atoms with Gasteiger partial charge in [0.2, 0.25) is 0 Å². The number of nitrogens with zero attached hydrogens (tertiary/aromatic N) is 1. The molecule has 0 aromatic carbocycles. The Hall–Kier alpha value is -0.120. The molecule has 2 N–H and O–H groups in total. The highest BCUT2D eigenvalue weighted by Crippen LogP contribution is 2.13. The van der Waals surface area contributed by atoms with Crippen LogP contribution in [0, 0.1) is 5.41 Å². The average molecular weight is 202 g/mol. The van der Waals surface area contributed by atoms with Crippen LogP contribution in [0.15, 0.2) is 0 Å². The first-order chi connectivity index (χ1) is 6.52. The molecule has 0 aromatic heterocycles. The topological polar surface area (TPSA) is 38.5 Å². The quantitative estimate of drug-likeness (QED) is 0.604. The summed E-state index contributed by atoms with van der Waals surface area (Å²) in [5.41, 5.74) is 5.90. The second-order valence-electron chi connectivity index (χ2n) is 4.66. The summed E-state index contributed by atoms with van der Waals surface area (Å²) in [5.74, 6) is 0. The maximum atomic E-state index is 5.68. The van der Waals surface area contributed by atoms with Crippen LogP contribution in [0.4, 0.5) is 0 Å². The third-order valence-electron chi connectivity index (χ3n) is 2.28.